The lowest BCUT2D eigenvalue weighted by Gasteiger charge is -2.25. The van der Waals surface area contributed by atoms with Crippen molar-refractivity contribution in [3.8, 4) is 5.75 Å². The summed E-state index contributed by atoms with van der Waals surface area (Å²) in [5.41, 5.74) is 0.779. The van der Waals surface area contributed by atoms with Gasteiger partial charge in [0.15, 0.2) is 11.3 Å². The van der Waals surface area contributed by atoms with E-state index in [1.165, 1.54) is 25.3 Å². The number of aromatic nitrogens is 1. The number of nitrogens with zero attached hydrogens (tertiary/aromatic N) is 2. The summed E-state index contributed by atoms with van der Waals surface area (Å²) in [5, 5.41) is 4.20. The Kier molecular flexibility index (Phi) is 5.12. The number of carbonyl (C=O) groups excluding carboxylic acids is 1. The van der Waals surface area contributed by atoms with E-state index in [1.54, 1.807) is 29.2 Å². The van der Waals surface area contributed by atoms with E-state index in [-0.39, 0.29) is 16.5 Å². The number of morpholine rings is 1. The fourth-order valence-corrected chi connectivity index (χ4v) is 4.13. The fourth-order valence-electron chi connectivity index (χ4n) is 3.06. The molecule has 1 fully saturated rings. The minimum Gasteiger partial charge on any atom is -0.497 e. The van der Waals surface area contributed by atoms with Crippen LogP contribution in [0, 0.1) is 0 Å². The van der Waals surface area contributed by atoms with Crippen molar-refractivity contribution in [1.82, 2.24) is 10.1 Å². The van der Waals surface area contributed by atoms with Gasteiger partial charge in [0, 0.05) is 19.2 Å². The normalized spacial score (nSPS) is 14.7. The number of methoxy groups -OCH3 is 1. The molecule has 0 atom stereocenters. The number of carbonyl (C=O) groups is 1. The lowest BCUT2D eigenvalue weighted by atomic mass is 10.2. The van der Waals surface area contributed by atoms with Crippen molar-refractivity contribution in [2.75, 3.05) is 38.1 Å². The van der Waals surface area contributed by atoms with Crippen LogP contribution in [0.3, 0.4) is 0 Å². The Morgan fingerprint density at radius 3 is 2.72 bits per heavy atom. The second-order valence-corrected chi connectivity index (χ2v) is 8.11. The van der Waals surface area contributed by atoms with Gasteiger partial charge in [0.25, 0.3) is 15.9 Å². The third kappa shape index (κ3) is 3.89. The molecule has 10 heteroatoms. The van der Waals surface area contributed by atoms with E-state index < -0.39 is 10.0 Å². The van der Waals surface area contributed by atoms with Crippen LogP contribution < -0.4 is 9.46 Å². The van der Waals surface area contributed by atoms with Gasteiger partial charge in [-0.15, -0.1) is 0 Å². The quantitative estimate of drug-likeness (QED) is 0.677. The second-order valence-electron chi connectivity index (χ2n) is 6.43. The Hall–Kier alpha value is -3.11. The van der Waals surface area contributed by atoms with Gasteiger partial charge in [0.2, 0.25) is 0 Å². The molecule has 0 spiro atoms. The predicted octanol–water partition coefficient (Wildman–Crippen LogP) is 2.11. The van der Waals surface area contributed by atoms with Crippen LogP contribution in [0.15, 0.2) is 51.9 Å². The molecule has 0 aliphatic carbocycles. The highest BCUT2D eigenvalue weighted by atomic mass is 32.2. The molecule has 2 aromatic carbocycles. The van der Waals surface area contributed by atoms with E-state index in [0.717, 1.165) is 0 Å². The number of anilines is 1. The van der Waals surface area contributed by atoms with Crippen molar-refractivity contribution in [3.63, 3.8) is 0 Å². The van der Waals surface area contributed by atoms with E-state index in [0.29, 0.717) is 48.7 Å². The smallest absolute Gasteiger partial charge is 0.276 e. The van der Waals surface area contributed by atoms with Crippen LogP contribution >= 0.6 is 0 Å². The van der Waals surface area contributed by atoms with E-state index in [1.807, 2.05) is 0 Å². The molecule has 1 saturated heterocycles. The molecule has 1 N–H and O–H groups in total. The van der Waals surface area contributed by atoms with Crippen LogP contribution in [0.4, 0.5) is 5.69 Å². The van der Waals surface area contributed by atoms with Gasteiger partial charge in [-0.2, -0.15) is 0 Å². The van der Waals surface area contributed by atoms with Gasteiger partial charge in [0.05, 0.1) is 36.3 Å². The number of nitrogens with one attached hydrogen (secondary N) is 1. The molecule has 9 nitrogen and oxygen atoms in total. The zero-order valence-corrected chi connectivity index (χ0v) is 16.4. The SMILES string of the molecule is COc1cccc(NS(=O)(=O)c2ccc3onc(C(=O)N4CCOCC4)c3c2)c1. The summed E-state index contributed by atoms with van der Waals surface area (Å²) in [4.78, 5) is 14.4. The first-order valence-electron chi connectivity index (χ1n) is 8.91. The maximum Gasteiger partial charge on any atom is 0.276 e. The van der Waals surface area contributed by atoms with Gasteiger partial charge in [-0.05, 0) is 30.3 Å². The Labute approximate surface area is 167 Å². The molecule has 1 amide bonds. The van der Waals surface area contributed by atoms with Crippen LogP contribution in [0.2, 0.25) is 0 Å². The number of amides is 1. The number of benzene rings is 2. The van der Waals surface area contributed by atoms with Gasteiger partial charge in [-0.3, -0.25) is 9.52 Å². The van der Waals surface area contributed by atoms with E-state index >= 15 is 0 Å². The van der Waals surface area contributed by atoms with Crippen LogP contribution in [0.25, 0.3) is 11.0 Å². The molecule has 1 aromatic heterocycles. The standard InChI is InChI=1S/C19H19N3O6S/c1-26-14-4-2-3-13(11-14)21-29(24,25)15-5-6-17-16(12-15)18(20-28-17)19(23)22-7-9-27-10-8-22/h2-6,11-12,21H,7-10H2,1H3. The van der Waals surface area contributed by atoms with Gasteiger partial charge in [-0.25, -0.2) is 8.42 Å². The molecule has 29 heavy (non-hydrogen) atoms. The first-order chi connectivity index (χ1) is 14.0. The lowest BCUT2D eigenvalue weighted by Crippen LogP contribution is -2.40. The zero-order chi connectivity index (χ0) is 20.4. The lowest BCUT2D eigenvalue weighted by molar-refractivity contribution is 0.0297. The third-order valence-corrected chi connectivity index (χ3v) is 5.95. The molecule has 0 saturated carbocycles. The molecule has 4 rings (SSSR count). The highest BCUT2D eigenvalue weighted by molar-refractivity contribution is 7.92. The van der Waals surface area contributed by atoms with Crippen molar-refractivity contribution in [3.05, 3.63) is 48.2 Å². The number of sulfonamides is 1. The van der Waals surface area contributed by atoms with Crippen molar-refractivity contribution in [2.24, 2.45) is 0 Å². The number of fused-ring (bicyclic) bond motifs is 1. The van der Waals surface area contributed by atoms with Gasteiger partial charge in [-0.1, -0.05) is 11.2 Å². The summed E-state index contributed by atoms with van der Waals surface area (Å²) in [7, 11) is -2.39. The molecular weight excluding hydrogens is 398 g/mol. The molecule has 0 unspecified atom stereocenters. The van der Waals surface area contributed by atoms with Gasteiger partial charge >= 0.3 is 0 Å². The van der Waals surface area contributed by atoms with Crippen molar-refractivity contribution >= 4 is 32.6 Å². The molecule has 1 aliphatic rings. The Morgan fingerprint density at radius 2 is 1.97 bits per heavy atom. The summed E-state index contributed by atoms with van der Waals surface area (Å²) in [6.07, 6.45) is 0. The molecule has 152 valence electrons. The van der Waals surface area contributed by atoms with Crippen LogP contribution in [-0.4, -0.2) is 57.8 Å². The largest absolute Gasteiger partial charge is 0.497 e. The summed E-state index contributed by atoms with van der Waals surface area (Å²) in [5.74, 6) is 0.209. The van der Waals surface area contributed by atoms with Crippen LogP contribution in [0.5, 0.6) is 5.75 Å². The molecule has 0 bridgehead atoms. The molecule has 3 aromatic rings. The molecule has 2 heterocycles. The number of ether oxygens (including phenoxy) is 2. The number of hydrogen-bond acceptors (Lipinski definition) is 7. The minimum atomic E-state index is -3.89. The van der Waals surface area contributed by atoms with E-state index in [2.05, 4.69) is 9.88 Å². The second kappa shape index (κ2) is 7.72. The van der Waals surface area contributed by atoms with Crippen molar-refractivity contribution in [2.45, 2.75) is 4.90 Å². The highest BCUT2D eigenvalue weighted by Crippen LogP contribution is 2.26. The molecular formula is C19H19N3O6S. The van der Waals surface area contributed by atoms with Gasteiger partial charge in [0.1, 0.15) is 5.75 Å². The highest BCUT2D eigenvalue weighted by Gasteiger charge is 2.25. The van der Waals surface area contributed by atoms with Crippen LogP contribution in [0.1, 0.15) is 10.5 Å². The monoisotopic (exact) mass is 417 g/mol. The van der Waals surface area contributed by atoms with Gasteiger partial charge < -0.3 is 18.9 Å². The summed E-state index contributed by atoms with van der Waals surface area (Å²) in [6, 6.07) is 10.9. The maximum absolute atomic E-state index is 12.8. The zero-order valence-electron chi connectivity index (χ0n) is 15.6. The fraction of sp³-hybridized carbons (Fsp3) is 0.263. The van der Waals surface area contributed by atoms with Crippen molar-refractivity contribution in [1.29, 1.82) is 0 Å². The van der Waals surface area contributed by atoms with E-state index in [4.69, 9.17) is 14.0 Å². The number of rotatable bonds is 5. The summed E-state index contributed by atoms with van der Waals surface area (Å²) in [6.45, 7) is 1.79. The Morgan fingerprint density at radius 1 is 1.17 bits per heavy atom. The van der Waals surface area contributed by atoms with Crippen molar-refractivity contribution < 1.29 is 27.2 Å². The average molecular weight is 417 g/mol. The van der Waals surface area contributed by atoms with Crippen LogP contribution in [-0.2, 0) is 14.8 Å². The topological polar surface area (TPSA) is 111 Å². The number of hydrogen-bond donors (Lipinski definition) is 1. The summed E-state index contributed by atoms with van der Waals surface area (Å²) < 4.78 is 43.8. The molecule has 0 radical (unpaired) electrons. The summed E-state index contributed by atoms with van der Waals surface area (Å²) >= 11 is 0. The first kappa shape index (κ1) is 19.2. The first-order valence-corrected chi connectivity index (χ1v) is 10.4. The van der Waals surface area contributed by atoms with E-state index in [9.17, 15) is 13.2 Å². The average Bonchev–Trinajstić information content (AvgIpc) is 3.17. The Bertz CT molecular complexity index is 1150. The maximum atomic E-state index is 12.8. The Balaban J connectivity index is 1.66. The predicted molar refractivity (Wildman–Crippen MR) is 105 cm³/mol. The minimum absolute atomic E-state index is 0.00736. The molecule has 1 aliphatic heterocycles. The third-order valence-electron chi connectivity index (χ3n) is 4.57.